The molecular formula is C34H18F7NO2. The standard InChI is InChI=1S/C34H18F7NO2/c1-17(19-4-8-24(27(36)10-19)18-2-5-22(35)6-3-18)34(43)44-23-7-9-25(30(39)15-23)20-11-31(40)33(32(41)12-20)21-13-28(37)26(16-42)29(38)14-21/h2-15,17H,1H3. The largest absolute Gasteiger partial charge is 0.426 e. The van der Waals surface area contributed by atoms with E-state index in [1.165, 1.54) is 55.5 Å². The molecular weight excluding hydrogens is 587 g/mol. The number of esters is 1. The van der Waals surface area contributed by atoms with Crippen molar-refractivity contribution in [3.63, 3.8) is 0 Å². The van der Waals surface area contributed by atoms with E-state index in [1.54, 1.807) is 0 Å². The van der Waals surface area contributed by atoms with Crippen molar-refractivity contribution < 1.29 is 40.3 Å². The van der Waals surface area contributed by atoms with Gasteiger partial charge in [-0.3, -0.25) is 4.79 Å². The Hall–Kier alpha value is -5.43. The average Bonchev–Trinajstić information content (AvgIpc) is 2.97. The van der Waals surface area contributed by atoms with Gasteiger partial charge < -0.3 is 4.74 Å². The minimum atomic E-state index is -1.30. The summed E-state index contributed by atoms with van der Waals surface area (Å²) in [6.45, 7) is 1.46. The lowest BCUT2D eigenvalue weighted by Crippen LogP contribution is -2.16. The Balaban J connectivity index is 1.34. The fraction of sp³-hybridized carbons (Fsp3) is 0.0588. The number of hydrogen-bond donors (Lipinski definition) is 0. The Morgan fingerprint density at radius 1 is 0.636 bits per heavy atom. The molecule has 0 fully saturated rings. The van der Waals surface area contributed by atoms with Crippen molar-refractivity contribution in [1.82, 2.24) is 0 Å². The maximum atomic E-state index is 15.0. The van der Waals surface area contributed by atoms with Crippen LogP contribution in [0.3, 0.4) is 0 Å². The SMILES string of the molecule is CC(C(=O)Oc1ccc(-c2cc(F)c(-c3cc(F)c(C#N)c(F)c3)c(F)c2)c(F)c1)c1ccc(-c2ccc(F)cc2)c(F)c1. The van der Waals surface area contributed by atoms with E-state index in [0.717, 1.165) is 30.3 Å². The lowest BCUT2D eigenvalue weighted by molar-refractivity contribution is -0.135. The third-order valence-electron chi connectivity index (χ3n) is 6.96. The summed E-state index contributed by atoms with van der Waals surface area (Å²) in [7, 11) is 0. The Labute approximate surface area is 246 Å². The highest BCUT2D eigenvalue weighted by atomic mass is 19.2. The smallest absolute Gasteiger partial charge is 0.318 e. The first-order valence-corrected chi connectivity index (χ1v) is 12.9. The van der Waals surface area contributed by atoms with Crippen LogP contribution in [0.15, 0.2) is 84.9 Å². The van der Waals surface area contributed by atoms with Crippen molar-refractivity contribution in [2.24, 2.45) is 0 Å². The third kappa shape index (κ3) is 5.90. The predicted octanol–water partition coefficient (Wildman–Crippen LogP) is 9.24. The van der Waals surface area contributed by atoms with Gasteiger partial charge in [-0.25, -0.2) is 30.7 Å². The average molecular weight is 606 g/mol. The zero-order valence-electron chi connectivity index (χ0n) is 22.6. The first-order valence-electron chi connectivity index (χ1n) is 12.9. The van der Waals surface area contributed by atoms with E-state index in [-0.39, 0.29) is 28.0 Å². The van der Waals surface area contributed by atoms with Gasteiger partial charge >= 0.3 is 5.97 Å². The van der Waals surface area contributed by atoms with Crippen LogP contribution in [0, 0.1) is 52.1 Å². The van der Waals surface area contributed by atoms with Gasteiger partial charge in [-0.05, 0) is 83.8 Å². The van der Waals surface area contributed by atoms with Gasteiger partial charge in [0.1, 0.15) is 58.1 Å². The third-order valence-corrected chi connectivity index (χ3v) is 6.96. The molecule has 0 aliphatic heterocycles. The van der Waals surface area contributed by atoms with E-state index >= 15 is 4.39 Å². The van der Waals surface area contributed by atoms with Crippen LogP contribution in [0.1, 0.15) is 24.0 Å². The summed E-state index contributed by atoms with van der Waals surface area (Å²) in [6, 6.07) is 16.5. The molecule has 44 heavy (non-hydrogen) atoms. The van der Waals surface area contributed by atoms with Gasteiger partial charge in [0.25, 0.3) is 0 Å². The molecule has 1 unspecified atom stereocenters. The molecule has 5 aromatic carbocycles. The molecule has 0 amide bonds. The van der Waals surface area contributed by atoms with Crippen LogP contribution in [0.5, 0.6) is 5.75 Å². The first kappa shape index (κ1) is 30.0. The van der Waals surface area contributed by atoms with E-state index < -0.39 is 69.3 Å². The van der Waals surface area contributed by atoms with Crippen LogP contribution in [-0.4, -0.2) is 5.97 Å². The van der Waals surface area contributed by atoms with E-state index in [2.05, 4.69) is 0 Å². The van der Waals surface area contributed by atoms with Crippen molar-refractivity contribution in [2.75, 3.05) is 0 Å². The molecule has 0 saturated heterocycles. The van der Waals surface area contributed by atoms with Gasteiger partial charge in [0.2, 0.25) is 0 Å². The number of halogens is 7. The van der Waals surface area contributed by atoms with Crippen LogP contribution in [-0.2, 0) is 4.79 Å². The van der Waals surface area contributed by atoms with Crippen molar-refractivity contribution in [3.8, 4) is 45.2 Å². The monoisotopic (exact) mass is 605 g/mol. The Kier molecular flexibility index (Phi) is 8.23. The first-order chi connectivity index (χ1) is 21.0. The number of nitriles is 1. The maximum Gasteiger partial charge on any atom is 0.318 e. The van der Waals surface area contributed by atoms with Gasteiger partial charge in [0.05, 0.1) is 11.5 Å². The molecule has 0 aliphatic rings. The Morgan fingerprint density at radius 3 is 1.75 bits per heavy atom. The summed E-state index contributed by atoms with van der Waals surface area (Å²) >= 11 is 0. The normalized spacial score (nSPS) is 11.6. The van der Waals surface area contributed by atoms with Gasteiger partial charge in [-0.15, -0.1) is 0 Å². The van der Waals surface area contributed by atoms with E-state index in [4.69, 9.17) is 10.00 Å². The number of carbonyl (C=O) groups is 1. The molecule has 0 spiro atoms. The van der Waals surface area contributed by atoms with Crippen LogP contribution >= 0.6 is 0 Å². The molecule has 1 atom stereocenters. The second-order valence-electron chi connectivity index (χ2n) is 9.77. The highest BCUT2D eigenvalue weighted by Gasteiger charge is 2.22. The van der Waals surface area contributed by atoms with Gasteiger partial charge in [0, 0.05) is 17.2 Å². The molecule has 5 aromatic rings. The number of nitrogens with zero attached hydrogens (tertiary/aromatic N) is 1. The van der Waals surface area contributed by atoms with Gasteiger partial charge in [0.15, 0.2) is 0 Å². The highest BCUT2D eigenvalue weighted by Crippen LogP contribution is 2.35. The Bertz CT molecular complexity index is 1920. The van der Waals surface area contributed by atoms with Crippen molar-refractivity contribution in [2.45, 2.75) is 12.8 Å². The molecule has 0 aromatic heterocycles. The molecule has 220 valence electrons. The Morgan fingerprint density at radius 2 is 1.18 bits per heavy atom. The van der Waals surface area contributed by atoms with Gasteiger partial charge in [-0.2, -0.15) is 5.26 Å². The summed E-state index contributed by atoms with van der Waals surface area (Å²) in [5, 5.41) is 8.80. The summed E-state index contributed by atoms with van der Waals surface area (Å²) in [5.41, 5.74) is -1.80. The highest BCUT2D eigenvalue weighted by molar-refractivity contribution is 5.81. The molecule has 0 saturated carbocycles. The molecule has 0 heterocycles. The number of hydrogen-bond acceptors (Lipinski definition) is 3. The minimum Gasteiger partial charge on any atom is -0.426 e. The molecule has 5 rings (SSSR count). The molecule has 10 heteroatoms. The lowest BCUT2D eigenvalue weighted by Gasteiger charge is -2.14. The minimum absolute atomic E-state index is 0.198. The summed E-state index contributed by atoms with van der Waals surface area (Å²) in [6.07, 6.45) is 0. The quantitative estimate of drug-likeness (QED) is 0.110. The zero-order valence-corrected chi connectivity index (χ0v) is 22.6. The van der Waals surface area contributed by atoms with Crippen molar-refractivity contribution >= 4 is 5.97 Å². The second-order valence-corrected chi connectivity index (χ2v) is 9.77. The zero-order chi connectivity index (χ0) is 31.7. The van der Waals surface area contributed by atoms with Crippen LogP contribution in [0.2, 0.25) is 0 Å². The topological polar surface area (TPSA) is 50.1 Å². The van der Waals surface area contributed by atoms with Crippen LogP contribution in [0.25, 0.3) is 33.4 Å². The number of carbonyl (C=O) groups excluding carboxylic acids is 1. The number of ether oxygens (including phenoxy) is 1. The predicted molar refractivity (Wildman–Crippen MR) is 148 cm³/mol. The van der Waals surface area contributed by atoms with Crippen LogP contribution in [0.4, 0.5) is 30.7 Å². The molecule has 0 radical (unpaired) electrons. The van der Waals surface area contributed by atoms with Gasteiger partial charge in [-0.1, -0.05) is 24.3 Å². The number of benzene rings is 5. The molecule has 0 aliphatic carbocycles. The second kappa shape index (κ2) is 12.1. The van der Waals surface area contributed by atoms with E-state index in [0.29, 0.717) is 17.7 Å². The lowest BCUT2D eigenvalue weighted by atomic mass is 9.97. The van der Waals surface area contributed by atoms with E-state index in [9.17, 15) is 31.1 Å². The fourth-order valence-electron chi connectivity index (χ4n) is 4.63. The summed E-state index contributed by atoms with van der Waals surface area (Å²) in [5.74, 6) is -9.26. The summed E-state index contributed by atoms with van der Waals surface area (Å²) in [4.78, 5) is 12.8. The van der Waals surface area contributed by atoms with Crippen LogP contribution < -0.4 is 4.74 Å². The fourth-order valence-corrected chi connectivity index (χ4v) is 4.63. The maximum absolute atomic E-state index is 15.0. The van der Waals surface area contributed by atoms with E-state index in [1.807, 2.05) is 0 Å². The number of rotatable bonds is 6. The molecule has 0 N–H and O–H groups in total. The van der Waals surface area contributed by atoms with Crippen molar-refractivity contribution in [1.29, 1.82) is 5.26 Å². The molecule has 3 nitrogen and oxygen atoms in total. The summed E-state index contributed by atoms with van der Waals surface area (Å²) < 4.78 is 106. The molecule has 0 bridgehead atoms. The van der Waals surface area contributed by atoms with Crippen molar-refractivity contribution in [3.05, 3.63) is 137 Å².